The topological polar surface area (TPSA) is 181 Å². The predicted molar refractivity (Wildman–Crippen MR) is 190 cm³/mol. The minimum absolute atomic E-state index is 0.104. The second-order valence-corrected chi connectivity index (χ2v) is 14.7. The fourth-order valence-corrected chi connectivity index (χ4v) is 10.1. The van der Waals surface area contributed by atoms with Gasteiger partial charge in [0.1, 0.15) is 5.69 Å². The van der Waals surface area contributed by atoms with Gasteiger partial charge in [-0.25, -0.2) is 0 Å². The standard InChI is InChI=1S/C39H35N5O8/c1-15-14-40-30-26(46)12-23-22(9-17-13-39(17,23)27(15)30)33(47)24-10-20-19-6-8-44(32(19)35(49)36(51-3)28(20)41-24)38(50)25-11-21-18-5-7-43(16(2)45)31(18)34(48)37(52-4)29(21)42-25/h10-12,14,17,22,40-42,48-49H,5-9,13H2,1-4H3. The molecule has 5 aromatic rings. The van der Waals surface area contributed by atoms with Gasteiger partial charge in [-0.3, -0.25) is 19.2 Å². The van der Waals surface area contributed by atoms with Crippen LogP contribution in [0.4, 0.5) is 11.4 Å². The molecule has 5 heterocycles. The number of amides is 2. The molecule has 3 atom stereocenters. The van der Waals surface area contributed by atoms with Crippen molar-refractivity contribution >= 4 is 56.6 Å². The largest absolute Gasteiger partial charge is 0.503 e. The number of aromatic amines is 3. The fraction of sp³-hybridized carbons (Fsp3) is 0.333. The first-order chi connectivity index (χ1) is 25.0. The van der Waals surface area contributed by atoms with Crippen LogP contribution in [0.1, 0.15) is 73.5 Å². The maximum atomic E-state index is 14.3. The van der Waals surface area contributed by atoms with Gasteiger partial charge < -0.3 is 44.4 Å². The van der Waals surface area contributed by atoms with Gasteiger partial charge in [0.15, 0.2) is 28.8 Å². The number of nitrogens with zero attached hydrogens (tertiary/aromatic N) is 2. The lowest BCUT2D eigenvalue weighted by Gasteiger charge is -2.25. The van der Waals surface area contributed by atoms with Crippen molar-refractivity contribution in [1.82, 2.24) is 15.0 Å². The molecule has 13 nitrogen and oxygen atoms in total. The quantitative estimate of drug-likeness (QED) is 0.157. The minimum Gasteiger partial charge on any atom is -0.503 e. The molecule has 3 unspecified atom stereocenters. The van der Waals surface area contributed by atoms with E-state index in [1.165, 1.54) is 30.9 Å². The van der Waals surface area contributed by atoms with Crippen molar-refractivity contribution < 1.29 is 38.9 Å². The molecule has 3 aliphatic carbocycles. The highest BCUT2D eigenvalue weighted by Gasteiger charge is 2.68. The number of nitrogens with one attached hydrogen (secondary N) is 3. The summed E-state index contributed by atoms with van der Waals surface area (Å²) in [5.74, 6) is -1.17. The summed E-state index contributed by atoms with van der Waals surface area (Å²) < 4.78 is 11.2. The molecule has 0 saturated heterocycles. The van der Waals surface area contributed by atoms with E-state index in [9.17, 15) is 29.4 Å². The molecule has 5 aliphatic rings. The highest BCUT2D eigenvalue weighted by molar-refractivity contribution is 6.16. The Labute approximate surface area is 296 Å². The van der Waals surface area contributed by atoms with Crippen molar-refractivity contribution in [3.05, 3.63) is 69.3 Å². The first kappa shape index (κ1) is 30.8. The number of phenolic OH excluding ortho intramolecular Hbond substituents is 2. The number of ether oxygens (including phenoxy) is 2. The average Bonchev–Trinajstić information content (AvgIpc) is 3.85. The van der Waals surface area contributed by atoms with E-state index in [1.807, 2.05) is 13.1 Å². The average molecular weight is 702 g/mol. The molecule has 0 radical (unpaired) electrons. The fourth-order valence-electron chi connectivity index (χ4n) is 10.1. The van der Waals surface area contributed by atoms with Crippen molar-refractivity contribution in [2.24, 2.45) is 11.8 Å². The lowest BCUT2D eigenvalue weighted by Crippen LogP contribution is -2.29. The highest BCUT2D eigenvalue weighted by atomic mass is 16.5. The Bertz CT molecular complexity index is 2570. The Morgan fingerprint density at radius 2 is 1.50 bits per heavy atom. The number of carbonyl (C=O) groups is 4. The monoisotopic (exact) mass is 701 g/mol. The summed E-state index contributed by atoms with van der Waals surface area (Å²) in [7, 11) is 2.84. The van der Waals surface area contributed by atoms with E-state index in [1.54, 1.807) is 18.2 Å². The zero-order valence-corrected chi connectivity index (χ0v) is 28.9. The van der Waals surface area contributed by atoms with Gasteiger partial charge in [-0.2, -0.15) is 0 Å². The summed E-state index contributed by atoms with van der Waals surface area (Å²) >= 11 is 0. The number of rotatable bonds is 5. The molecular weight excluding hydrogens is 666 g/mol. The number of methoxy groups -OCH3 is 2. The first-order valence-electron chi connectivity index (χ1n) is 17.5. The number of ketones is 2. The summed E-state index contributed by atoms with van der Waals surface area (Å²) in [5, 5.41) is 24.1. The summed E-state index contributed by atoms with van der Waals surface area (Å²) in [6.45, 7) is 4.09. The Kier molecular flexibility index (Phi) is 5.97. The van der Waals surface area contributed by atoms with Crippen molar-refractivity contribution in [3.8, 4) is 23.0 Å². The van der Waals surface area contributed by atoms with Crippen LogP contribution in [0, 0.1) is 18.8 Å². The van der Waals surface area contributed by atoms with E-state index in [-0.39, 0.29) is 58.1 Å². The number of anilines is 2. The molecule has 2 amide bonds. The Morgan fingerprint density at radius 3 is 2.13 bits per heavy atom. The summed E-state index contributed by atoms with van der Waals surface area (Å²) in [4.78, 5) is 66.6. The van der Waals surface area contributed by atoms with Crippen LogP contribution in [0.2, 0.25) is 0 Å². The molecule has 2 saturated carbocycles. The minimum atomic E-state index is -0.452. The normalized spacial score (nSPS) is 22.3. The molecule has 2 aliphatic heterocycles. The van der Waals surface area contributed by atoms with E-state index in [4.69, 9.17) is 9.47 Å². The van der Waals surface area contributed by atoms with Gasteiger partial charge in [-0.1, -0.05) is 0 Å². The zero-order valence-electron chi connectivity index (χ0n) is 28.9. The second-order valence-electron chi connectivity index (χ2n) is 14.7. The van der Waals surface area contributed by atoms with E-state index in [0.29, 0.717) is 81.9 Å². The number of benzene rings is 2. The van der Waals surface area contributed by atoms with Crippen LogP contribution in [-0.4, -0.2) is 75.9 Å². The molecule has 264 valence electrons. The van der Waals surface area contributed by atoms with Crippen molar-refractivity contribution in [2.75, 3.05) is 37.1 Å². The van der Waals surface area contributed by atoms with Crippen molar-refractivity contribution in [3.63, 3.8) is 0 Å². The number of aryl methyl sites for hydroxylation is 1. The van der Waals surface area contributed by atoms with Crippen LogP contribution in [0.3, 0.4) is 0 Å². The predicted octanol–water partition coefficient (Wildman–Crippen LogP) is 5.11. The van der Waals surface area contributed by atoms with Crippen LogP contribution < -0.4 is 19.3 Å². The van der Waals surface area contributed by atoms with Crippen LogP contribution in [-0.2, 0) is 23.1 Å². The third kappa shape index (κ3) is 3.62. The van der Waals surface area contributed by atoms with Crippen LogP contribution in [0.15, 0.2) is 30.0 Å². The van der Waals surface area contributed by atoms with Gasteiger partial charge in [-0.15, -0.1) is 0 Å². The molecule has 2 aromatic carbocycles. The third-order valence-electron chi connectivity index (χ3n) is 12.3. The van der Waals surface area contributed by atoms with Gasteiger partial charge >= 0.3 is 0 Å². The van der Waals surface area contributed by atoms with Gasteiger partial charge in [0.25, 0.3) is 5.91 Å². The number of hydrogen-bond acceptors (Lipinski definition) is 8. The van der Waals surface area contributed by atoms with Gasteiger partial charge in [0.05, 0.1) is 48.0 Å². The lowest BCUT2D eigenvalue weighted by molar-refractivity contribution is -0.116. The molecule has 5 N–H and O–H groups in total. The van der Waals surface area contributed by atoms with E-state index < -0.39 is 11.8 Å². The number of carbonyl (C=O) groups excluding carboxylic acids is 4. The first-order valence-corrected chi connectivity index (χ1v) is 17.5. The summed E-state index contributed by atoms with van der Waals surface area (Å²) in [6.07, 6.45) is 6.03. The Morgan fingerprint density at radius 1 is 0.904 bits per heavy atom. The van der Waals surface area contributed by atoms with Gasteiger partial charge in [0.2, 0.25) is 11.7 Å². The van der Waals surface area contributed by atoms with Crippen molar-refractivity contribution in [2.45, 2.75) is 44.9 Å². The molecule has 0 bridgehead atoms. The number of phenols is 2. The number of aromatic nitrogens is 3. The number of Topliss-reactive ketones (excluding diaryl/α,β-unsaturated/α-hetero) is 1. The smallest absolute Gasteiger partial charge is 0.274 e. The lowest BCUT2D eigenvalue weighted by atomic mass is 9.76. The number of H-pyrrole nitrogens is 3. The molecule has 2 fully saturated rings. The second kappa shape index (κ2) is 10.1. The zero-order chi connectivity index (χ0) is 36.1. The van der Waals surface area contributed by atoms with E-state index >= 15 is 0 Å². The summed E-state index contributed by atoms with van der Waals surface area (Å²) in [5.41, 5.74) is 6.90. The van der Waals surface area contributed by atoms with Gasteiger partial charge in [0, 0.05) is 48.3 Å². The SMILES string of the molecule is COc1c(O)c2c(c3cc(C(=O)N4CCc5c4c(O)c(OC)c4[nH]c(C(=O)C6CC7CC78C6=CC(=O)c6[nH]cc(C)c68)cc54)[nH]c13)CCN2C(C)=O. The summed E-state index contributed by atoms with van der Waals surface area (Å²) in [6, 6.07) is 3.48. The Balaban J connectivity index is 1.03. The molecule has 10 rings (SSSR count). The van der Waals surface area contributed by atoms with Crippen molar-refractivity contribution in [1.29, 1.82) is 0 Å². The number of hydrogen-bond donors (Lipinski definition) is 5. The molecule has 52 heavy (non-hydrogen) atoms. The van der Waals surface area contributed by atoms with Crippen LogP contribution >= 0.6 is 0 Å². The number of fused-ring (bicyclic) bond motifs is 7. The molecule has 3 aromatic heterocycles. The number of allylic oxidation sites excluding steroid dienone is 2. The van der Waals surface area contributed by atoms with Gasteiger partial charge in [-0.05, 0) is 84.6 Å². The highest BCUT2D eigenvalue weighted by Crippen LogP contribution is 2.71. The molecule has 13 heteroatoms. The maximum Gasteiger partial charge on any atom is 0.274 e. The van der Waals surface area contributed by atoms with Crippen LogP contribution in [0.25, 0.3) is 21.8 Å². The molecular formula is C39H35N5O8. The maximum absolute atomic E-state index is 14.3. The third-order valence-corrected chi connectivity index (χ3v) is 12.3. The Hall–Kier alpha value is -5.98. The number of aromatic hydroxyl groups is 2. The molecule has 1 spiro atoms. The van der Waals surface area contributed by atoms with E-state index in [2.05, 4.69) is 15.0 Å². The van der Waals surface area contributed by atoms with E-state index in [0.717, 1.165) is 28.7 Å². The van der Waals surface area contributed by atoms with Crippen LogP contribution in [0.5, 0.6) is 23.0 Å².